The topological polar surface area (TPSA) is 66.4 Å². The molecule has 0 spiro atoms. The normalized spacial score (nSPS) is 10.2. The van der Waals surface area contributed by atoms with Gasteiger partial charge in [0.05, 0.1) is 5.56 Å². The number of anilines is 1. The third kappa shape index (κ3) is 3.13. The zero-order chi connectivity index (χ0) is 13.8. The Labute approximate surface area is 118 Å². The van der Waals surface area contributed by atoms with Crippen LogP contribution >= 0.6 is 22.9 Å². The quantitative estimate of drug-likeness (QED) is 0.849. The molecule has 0 aliphatic carbocycles. The Balaban J connectivity index is 2.20. The van der Waals surface area contributed by atoms with Crippen LogP contribution in [0, 0.1) is 0 Å². The van der Waals surface area contributed by atoms with Crippen molar-refractivity contribution in [3.8, 4) is 0 Å². The molecular formula is C13H10ClNO3S. The molecule has 98 valence electrons. The summed E-state index contributed by atoms with van der Waals surface area (Å²) in [5.41, 5.74) is 1.37. The maximum Gasteiger partial charge on any atom is 0.338 e. The summed E-state index contributed by atoms with van der Waals surface area (Å²) in [5, 5.41) is 13.5. The molecule has 4 nitrogen and oxygen atoms in total. The first-order valence-corrected chi connectivity index (χ1v) is 6.80. The average molecular weight is 296 g/mol. The molecule has 0 unspecified atom stereocenters. The van der Waals surface area contributed by atoms with E-state index in [0.29, 0.717) is 16.4 Å². The highest BCUT2D eigenvalue weighted by molar-refractivity contribution is 7.14. The van der Waals surface area contributed by atoms with Crippen LogP contribution in [0.1, 0.15) is 26.3 Å². The van der Waals surface area contributed by atoms with Crippen molar-refractivity contribution in [1.29, 1.82) is 0 Å². The third-order valence-electron chi connectivity index (χ3n) is 2.47. The maximum atomic E-state index is 12.0. The Morgan fingerprint density at radius 2 is 2.11 bits per heavy atom. The predicted octanol–water partition coefficient (Wildman–Crippen LogP) is 3.44. The average Bonchev–Trinajstić information content (AvgIpc) is 2.87. The molecule has 2 rings (SSSR count). The molecule has 0 radical (unpaired) electrons. The highest BCUT2D eigenvalue weighted by Crippen LogP contribution is 2.24. The van der Waals surface area contributed by atoms with Crippen LogP contribution in [0.2, 0.25) is 0 Å². The van der Waals surface area contributed by atoms with E-state index >= 15 is 0 Å². The van der Waals surface area contributed by atoms with Crippen molar-refractivity contribution >= 4 is 39.8 Å². The molecule has 2 N–H and O–H groups in total. The highest BCUT2D eigenvalue weighted by atomic mass is 35.5. The van der Waals surface area contributed by atoms with Crippen LogP contribution < -0.4 is 5.32 Å². The van der Waals surface area contributed by atoms with Gasteiger partial charge in [-0.2, -0.15) is 0 Å². The summed E-state index contributed by atoms with van der Waals surface area (Å²) in [7, 11) is 0. The number of halogens is 1. The molecule has 1 heterocycles. The van der Waals surface area contributed by atoms with E-state index in [4.69, 9.17) is 16.7 Å². The fraction of sp³-hybridized carbons (Fsp3) is 0.0769. The van der Waals surface area contributed by atoms with Gasteiger partial charge in [0, 0.05) is 11.4 Å². The number of carbonyl (C=O) groups is 2. The van der Waals surface area contributed by atoms with Crippen molar-refractivity contribution in [2.24, 2.45) is 0 Å². The van der Waals surface area contributed by atoms with Crippen LogP contribution in [-0.2, 0) is 5.88 Å². The molecule has 1 aromatic heterocycles. The second-order valence-electron chi connectivity index (χ2n) is 3.76. The molecule has 0 saturated carbocycles. The van der Waals surface area contributed by atoms with Crippen molar-refractivity contribution in [2.75, 3.05) is 5.32 Å². The lowest BCUT2D eigenvalue weighted by Crippen LogP contribution is -2.13. The minimum absolute atomic E-state index is 0.0897. The van der Waals surface area contributed by atoms with Crippen molar-refractivity contribution in [3.63, 3.8) is 0 Å². The van der Waals surface area contributed by atoms with Gasteiger partial charge in [0.2, 0.25) is 0 Å². The molecule has 0 aliphatic rings. The summed E-state index contributed by atoms with van der Waals surface area (Å²) in [4.78, 5) is 23.0. The molecule has 0 aliphatic heterocycles. The number of aromatic carboxylic acids is 1. The van der Waals surface area contributed by atoms with E-state index in [2.05, 4.69) is 5.32 Å². The molecule has 19 heavy (non-hydrogen) atoms. The number of hydrogen-bond acceptors (Lipinski definition) is 3. The zero-order valence-electron chi connectivity index (χ0n) is 9.72. The molecule has 6 heteroatoms. The van der Waals surface area contributed by atoms with Gasteiger partial charge in [0.25, 0.3) is 5.91 Å². The van der Waals surface area contributed by atoms with Crippen LogP contribution in [-0.4, -0.2) is 17.0 Å². The monoisotopic (exact) mass is 295 g/mol. The summed E-state index contributed by atoms with van der Waals surface area (Å²) in [6, 6.07) is 8.34. The number of nitrogens with one attached hydrogen (secondary N) is 1. The van der Waals surface area contributed by atoms with Gasteiger partial charge >= 0.3 is 5.97 Å². The Kier molecular flexibility index (Phi) is 4.19. The first-order valence-electron chi connectivity index (χ1n) is 5.39. The van der Waals surface area contributed by atoms with E-state index in [9.17, 15) is 9.59 Å². The summed E-state index contributed by atoms with van der Waals surface area (Å²) >= 11 is 6.88. The van der Waals surface area contributed by atoms with E-state index in [0.717, 1.165) is 5.56 Å². The molecular weight excluding hydrogens is 286 g/mol. The van der Waals surface area contributed by atoms with Crippen LogP contribution in [0.4, 0.5) is 5.00 Å². The van der Waals surface area contributed by atoms with Crippen molar-refractivity contribution < 1.29 is 14.7 Å². The van der Waals surface area contributed by atoms with E-state index in [-0.39, 0.29) is 11.5 Å². The number of alkyl halides is 1. The van der Waals surface area contributed by atoms with Gasteiger partial charge in [0.1, 0.15) is 5.00 Å². The van der Waals surface area contributed by atoms with Gasteiger partial charge in [-0.15, -0.1) is 22.9 Å². The van der Waals surface area contributed by atoms with Crippen LogP contribution in [0.5, 0.6) is 0 Å². The summed E-state index contributed by atoms with van der Waals surface area (Å²) in [6.45, 7) is 0. The van der Waals surface area contributed by atoms with E-state index in [1.165, 1.54) is 17.4 Å². The number of carboxylic acids is 1. The molecule has 1 amide bonds. The van der Waals surface area contributed by atoms with Crippen molar-refractivity contribution in [1.82, 2.24) is 0 Å². The predicted molar refractivity (Wildman–Crippen MR) is 75.2 cm³/mol. The molecule has 0 atom stereocenters. The van der Waals surface area contributed by atoms with Gasteiger partial charge < -0.3 is 10.4 Å². The number of carboxylic acid groups (broad SMARTS) is 1. The first kappa shape index (κ1) is 13.6. The van der Waals surface area contributed by atoms with Crippen LogP contribution in [0.3, 0.4) is 0 Å². The highest BCUT2D eigenvalue weighted by Gasteiger charge is 2.14. The van der Waals surface area contributed by atoms with E-state index in [1.54, 1.807) is 23.6 Å². The van der Waals surface area contributed by atoms with Crippen molar-refractivity contribution in [3.05, 3.63) is 52.4 Å². The second kappa shape index (κ2) is 5.86. The largest absolute Gasteiger partial charge is 0.478 e. The SMILES string of the molecule is O=C(Nc1sccc1C(=O)O)c1cccc(CCl)c1. The van der Waals surface area contributed by atoms with E-state index < -0.39 is 5.97 Å². The van der Waals surface area contributed by atoms with Crippen molar-refractivity contribution in [2.45, 2.75) is 5.88 Å². The molecule has 0 saturated heterocycles. The maximum absolute atomic E-state index is 12.0. The number of thiophene rings is 1. The Morgan fingerprint density at radius 3 is 2.79 bits per heavy atom. The Morgan fingerprint density at radius 1 is 1.32 bits per heavy atom. The fourth-order valence-electron chi connectivity index (χ4n) is 1.55. The summed E-state index contributed by atoms with van der Waals surface area (Å²) < 4.78 is 0. The smallest absolute Gasteiger partial charge is 0.338 e. The lowest BCUT2D eigenvalue weighted by Gasteiger charge is -2.05. The second-order valence-corrected chi connectivity index (χ2v) is 4.94. The number of rotatable bonds is 4. The van der Waals surface area contributed by atoms with Crippen LogP contribution in [0.25, 0.3) is 0 Å². The first-order chi connectivity index (χ1) is 9.11. The molecule has 2 aromatic rings. The standard InChI is InChI=1S/C13H10ClNO3S/c14-7-8-2-1-3-9(6-8)11(16)15-12-10(13(17)18)4-5-19-12/h1-6H,7H2,(H,15,16)(H,17,18). The molecule has 0 bridgehead atoms. The third-order valence-corrected chi connectivity index (χ3v) is 3.60. The van der Waals surface area contributed by atoms with Gasteiger partial charge in [0.15, 0.2) is 0 Å². The fourth-order valence-corrected chi connectivity index (χ4v) is 2.49. The van der Waals surface area contributed by atoms with Gasteiger partial charge in [-0.3, -0.25) is 4.79 Å². The zero-order valence-corrected chi connectivity index (χ0v) is 11.3. The Bertz CT molecular complexity index is 624. The number of carbonyl (C=O) groups excluding carboxylic acids is 1. The summed E-state index contributed by atoms with van der Waals surface area (Å²) in [6.07, 6.45) is 0. The van der Waals surface area contributed by atoms with E-state index in [1.807, 2.05) is 6.07 Å². The minimum Gasteiger partial charge on any atom is -0.478 e. The van der Waals surface area contributed by atoms with Gasteiger partial charge in [-0.05, 0) is 29.1 Å². The number of benzene rings is 1. The summed E-state index contributed by atoms with van der Waals surface area (Å²) in [5.74, 6) is -1.09. The molecule has 0 fully saturated rings. The minimum atomic E-state index is -1.06. The number of hydrogen-bond donors (Lipinski definition) is 2. The lowest BCUT2D eigenvalue weighted by atomic mass is 10.1. The Hall–Kier alpha value is -1.85. The number of amides is 1. The van der Waals surface area contributed by atoms with Gasteiger partial charge in [-0.25, -0.2) is 4.79 Å². The van der Waals surface area contributed by atoms with Crippen LogP contribution in [0.15, 0.2) is 35.7 Å². The molecule has 1 aromatic carbocycles. The lowest BCUT2D eigenvalue weighted by molar-refractivity contribution is 0.0698. The van der Waals surface area contributed by atoms with Gasteiger partial charge in [-0.1, -0.05) is 12.1 Å².